The molecule has 16 aromatic rings. The van der Waals surface area contributed by atoms with E-state index in [1.807, 2.05) is 224 Å². The number of fused-ring (bicyclic) bond motifs is 6. The Morgan fingerprint density at radius 3 is 1.28 bits per heavy atom. The molecule has 0 fully saturated rings. The Hall–Kier alpha value is -15.0. The van der Waals surface area contributed by atoms with Crippen LogP contribution in [-0.2, 0) is 45.3 Å². The molecule has 0 bridgehead atoms. The zero-order valence-electron chi connectivity index (χ0n) is 77.7. The molecule has 0 atom stereocenters. The van der Waals surface area contributed by atoms with Crippen LogP contribution in [0.2, 0.25) is 0 Å². The van der Waals surface area contributed by atoms with Gasteiger partial charge in [0.1, 0.15) is 51.0 Å². The van der Waals surface area contributed by atoms with Gasteiger partial charge in [0, 0.05) is 118 Å². The van der Waals surface area contributed by atoms with E-state index in [1.165, 1.54) is 30.3 Å². The number of aromatic hydroxyl groups is 4. The average molecular weight is 2160 g/mol. The van der Waals surface area contributed by atoms with Crippen molar-refractivity contribution < 1.29 is 92.9 Å². The normalized spacial score (nSPS) is 10.8. The first-order valence-corrected chi connectivity index (χ1v) is 54.6. The van der Waals surface area contributed by atoms with Gasteiger partial charge in [-0.05, 0) is 176 Å². The summed E-state index contributed by atoms with van der Waals surface area (Å²) in [5.74, 6) is -2.40. The number of anilines is 2. The fraction of sp³-hybridized carbons (Fsp3) is 0.227. The van der Waals surface area contributed by atoms with Gasteiger partial charge < -0.3 is 85.2 Å². The van der Waals surface area contributed by atoms with E-state index in [2.05, 4.69) is 54.2 Å². The number of nitrogens with one attached hydrogen (secondary N) is 7. The van der Waals surface area contributed by atoms with E-state index in [0.29, 0.717) is 126 Å². The number of pyridine rings is 2. The third kappa shape index (κ3) is 26.2. The number of unbranched alkanes of at least 4 members (excludes halogenated alkanes) is 4. The number of aromatic amines is 2. The molecular formula is C110H116IN9O18W. The average Bonchev–Trinajstić information content (AvgIpc) is 1.61. The number of hydrogen-bond acceptors (Lipinski definition) is 19. The van der Waals surface area contributed by atoms with Crippen LogP contribution in [0.5, 0.6) is 40.2 Å². The Balaban J connectivity index is 0.000000189. The second kappa shape index (κ2) is 50.7. The minimum absolute atomic E-state index is 0. The number of ketones is 2. The summed E-state index contributed by atoms with van der Waals surface area (Å²) in [6.07, 6.45) is 7.20. The first-order chi connectivity index (χ1) is 66.5. The molecule has 29 heteroatoms. The summed E-state index contributed by atoms with van der Waals surface area (Å²) in [6.45, 7) is 18.2. The van der Waals surface area contributed by atoms with Gasteiger partial charge in [-0.25, -0.2) is 9.59 Å². The van der Waals surface area contributed by atoms with Crippen LogP contribution in [0.3, 0.4) is 0 Å². The molecule has 0 aliphatic rings. The van der Waals surface area contributed by atoms with E-state index in [1.54, 1.807) is 42.5 Å². The predicted molar refractivity (Wildman–Crippen MR) is 555 cm³/mol. The number of phenolic OH excluding ortho intramolecular Hbond substituents is 2. The van der Waals surface area contributed by atoms with Crippen molar-refractivity contribution in [3.63, 3.8) is 0 Å². The summed E-state index contributed by atoms with van der Waals surface area (Å²) in [5.41, 5.74) is 12.2. The van der Waals surface area contributed by atoms with Gasteiger partial charge in [-0.1, -0.05) is 218 Å². The van der Waals surface area contributed by atoms with Gasteiger partial charge in [0.25, 0.3) is 29.4 Å². The van der Waals surface area contributed by atoms with E-state index in [4.69, 9.17) is 29.1 Å². The third-order valence-electron chi connectivity index (χ3n) is 23.4. The van der Waals surface area contributed by atoms with E-state index < -0.39 is 49.4 Å². The molecule has 0 radical (unpaired) electrons. The molecule has 0 aliphatic carbocycles. The Labute approximate surface area is 824 Å². The Morgan fingerprint density at radius 2 is 0.842 bits per heavy atom. The van der Waals surface area contributed by atoms with Crippen LogP contribution in [0, 0.1) is 38.5 Å². The number of H-pyrrole nitrogens is 2. The van der Waals surface area contributed by atoms with Gasteiger partial charge in [0.2, 0.25) is 0 Å². The summed E-state index contributed by atoms with van der Waals surface area (Å²) in [4.78, 5) is 117. The molecule has 0 saturated carbocycles. The van der Waals surface area contributed by atoms with Crippen LogP contribution in [0.25, 0.3) is 65.2 Å². The van der Waals surface area contributed by atoms with Crippen molar-refractivity contribution in [2.24, 2.45) is 0 Å². The number of amides is 2. The van der Waals surface area contributed by atoms with Crippen molar-refractivity contribution in [1.82, 2.24) is 29.7 Å². The number of rotatable bonds is 34. The molecule has 12 aromatic carbocycles. The number of phenols is 4. The van der Waals surface area contributed by atoms with Crippen molar-refractivity contribution in [3.05, 3.63) is 347 Å². The number of carbonyl (C=O) groups is 7. The SMILES string of the molecule is C.C.CCCCCOc1c(C)ccc2cc(C(=O)NCCc3ccc(C(=O)O)c(O)c3)c(=O)[nH]c12.CCCCCOc1c(C)ccc2cc(C(=O)NCCc3ccc(O)c(C)c3)c(=O)[nH]c12.Cc1c(C(=O)c2cccc3ccccc23)c2ccccc2n1CCNc1ccc(C(=O)O)c(O)c1.Cc1c(C(=O)c2cccc3ccccc23)c2ccccc2n1CCNc1ccc(O)c(OC=O)c1.[2H][W](=[NH])[I]. The second-order valence-corrected chi connectivity index (χ2v) is 36.8. The first-order valence-electron chi connectivity index (χ1n) is 45.2. The fourth-order valence-electron chi connectivity index (χ4n) is 16.4. The fourth-order valence-corrected chi connectivity index (χ4v) is 16.4. The van der Waals surface area contributed by atoms with Crippen LogP contribution in [0.1, 0.15) is 180 Å². The maximum absolute atomic E-state index is 13.8. The molecule has 0 unspecified atom stereocenters. The van der Waals surface area contributed by atoms with Crippen molar-refractivity contribution in [1.29, 1.82) is 4.66 Å². The molecule has 4 heterocycles. The van der Waals surface area contributed by atoms with E-state index in [0.717, 1.165) is 121 Å². The Kier molecular flexibility index (Phi) is 38.1. The number of hydrogen-bond donors (Lipinski definition) is 13. The molecule has 722 valence electrons. The molecule has 27 nitrogen and oxygen atoms in total. The van der Waals surface area contributed by atoms with E-state index >= 15 is 0 Å². The van der Waals surface area contributed by atoms with Crippen LogP contribution in [-0.4, -0.2) is 132 Å². The summed E-state index contributed by atoms with van der Waals surface area (Å²) >= 11 is -0.187. The van der Waals surface area contributed by atoms with Gasteiger partial charge in [-0.3, -0.25) is 33.6 Å². The summed E-state index contributed by atoms with van der Waals surface area (Å²) in [5, 5.41) is 76.5. The van der Waals surface area contributed by atoms with E-state index in [9.17, 15) is 63.6 Å². The van der Waals surface area contributed by atoms with Crippen molar-refractivity contribution in [2.75, 3.05) is 50.0 Å². The zero-order chi connectivity index (χ0) is 98.8. The van der Waals surface area contributed by atoms with Gasteiger partial charge >= 0.3 is 50.5 Å². The molecule has 16 rings (SSSR count). The summed E-state index contributed by atoms with van der Waals surface area (Å²) in [6, 6.07) is 72.8. The molecule has 0 aliphatic heterocycles. The number of carboxylic acid groups (broad SMARTS) is 2. The number of benzene rings is 12. The Morgan fingerprint density at radius 1 is 0.439 bits per heavy atom. The van der Waals surface area contributed by atoms with Gasteiger partial charge in [-0.2, -0.15) is 0 Å². The number of carbonyl (C=O) groups excluding carboxylic acids is 5. The predicted octanol–water partition coefficient (Wildman–Crippen LogP) is 21.9. The minimum atomic E-state index is -2.06. The monoisotopic (exact) mass is 2160 g/mol. The molecule has 4 aromatic heterocycles. The molecule has 2 amide bonds. The number of ether oxygens (including phenoxy) is 3. The van der Waals surface area contributed by atoms with Crippen LogP contribution < -0.4 is 46.6 Å². The van der Waals surface area contributed by atoms with Gasteiger partial charge in [-0.15, -0.1) is 0 Å². The molecular weight excluding hydrogens is 2050 g/mol. The first kappa shape index (κ1) is 104. The number of aromatic carboxylic acids is 2. The molecule has 0 spiro atoms. The number of nitrogens with zero attached hydrogens (tertiary/aromatic N) is 2. The van der Waals surface area contributed by atoms with Crippen LogP contribution >= 0.6 is 19.4 Å². The topological polar surface area (TPSA) is 416 Å². The number of aromatic nitrogens is 4. The third-order valence-corrected chi connectivity index (χ3v) is 23.4. The summed E-state index contributed by atoms with van der Waals surface area (Å²) < 4.78 is 33.8. The number of aryl methyl sites for hydroxylation is 3. The molecule has 0 saturated heterocycles. The summed E-state index contributed by atoms with van der Waals surface area (Å²) in [7, 11) is 0. The standard InChI is InChI=1S/2C29H24N2O4.C25H28N2O6.C25H30N2O4.2CH4.HI.HN.W.H/c1-19-28(29(34)23-11-6-8-20-7-2-3-9-22(20)23)24-10-4-5-12-25(24)31(19)16-15-30-21-13-14-26(33)27(17-21)35-18-32;1-18-27(28(33)22-11-6-8-19-7-2-3-9-21(19)22)23-10-4-5-12-25(23)31(18)16-15-30-20-13-14-24(29(34)35)26(32)17-20;1-3-4-5-12-33-22-15(2)6-8-17-14-19(24(30)27-21(17)22)23(29)26-11-10-16-7-9-18(25(31)32)20(28)13-16;1-4-5-6-13-31-23-16(2)7-9-19-15-20(25(30)27-22(19)23)24(29)26-12-11-18-8-10-21(28)17(3)14-18;;;;;;/h2-14,17-18,30,33H,15-16H2,1H3;2-14,17,30,32H,15-16H2,1H3,(H,34,35);6-9,13-14,28H,3-5,10-12H2,1-2H3,(H,26,29)(H,27,30)(H,31,32);7-10,14-15,28H,4-6,11-13H2,1-3H3,(H,26,29)(H,27,30);2*1H4;2*1H;;/q;;;;;;;;+1;/p-1/i;;;;;;;;;1+1. The number of carboxylic acids is 2. The Bertz CT molecular complexity index is 7360. The van der Waals surface area contributed by atoms with Gasteiger partial charge in [0.05, 0.1) is 35.4 Å². The maximum atomic E-state index is 13.8. The second-order valence-electron chi connectivity index (χ2n) is 32.6. The van der Waals surface area contributed by atoms with Gasteiger partial charge in [0.15, 0.2) is 23.1 Å². The van der Waals surface area contributed by atoms with E-state index in [-0.39, 0.29) is 90.4 Å². The number of halogens is 1. The zero-order valence-corrected chi connectivity index (χ0v) is 81.8. The molecule has 139 heavy (non-hydrogen) atoms. The van der Waals surface area contributed by atoms with Crippen molar-refractivity contribution in [2.45, 2.75) is 128 Å². The van der Waals surface area contributed by atoms with Crippen molar-refractivity contribution in [3.8, 4) is 40.2 Å². The van der Waals surface area contributed by atoms with Crippen LogP contribution in [0.15, 0.2) is 252 Å². The van der Waals surface area contributed by atoms with Crippen LogP contribution in [0.4, 0.5) is 11.4 Å². The molecule has 13 N–H and O–H groups in total. The number of para-hydroxylation sites is 2. The van der Waals surface area contributed by atoms with Crippen molar-refractivity contribution >= 4 is 138 Å². The quantitative estimate of drug-likeness (QED) is 0.00586.